The topological polar surface area (TPSA) is 49.8 Å². The zero-order valence-corrected chi connectivity index (χ0v) is 10.2. The van der Waals surface area contributed by atoms with E-state index in [4.69, 9.17) is 4.74 Å². The number of ether oxygens (including phenoxy) is 1. The van der Waals surface area contributed by atoms with E-state index in [0.717, 1.165) is 18.5 Å². The summed E-state index contributed by atoms with van der Waals surface area (Å²) in [7, 11) is 0. The van der Waals surface area contributed by atoms with Crippen LogP contribution in [0.2, 0.25) is 0 Å². The first-order valence-electron chi connectivity index (χ1n) is 6.38. The number of hydrogen-bond acceptors (Lipinski definition) is 3. The summed E-state index contributed by atoms with van der Waals surface area (Å²) in [5, 5.41) is 9.32. The number of hydrogen-bond donors (Lipinski definition) is 1. The molecule has 2 aliphatic rings. The molecule has 4 heteroatoms. The second-order valence-electron chi connectivity index (χ2n) is 5.10. The van der Waals surface area contributed by atoms with E-state index in [0.29, 0.717) is 18.4 Å². The maximum absolute atomic E-state index is 11.9. The lowest BCUT2D eigenvalue weighted by atomic mass is 10.2. The third-order valence-corrected chi connectivity index (χ3v) is 3.93. The van der Waals surface area contributed by atoms with Gasteiger partial charge in [-0.15, -0.1) is 0 Å². The van der Waals surface area contributed by atoms with Crippen LogP contribution in [0.1, 0.15) is 12.0 Å². The summed E-state index contributed by atoms with van der Waals surface area (Å²) in [6, 6.07) is 9.60. The fourth-order valence-electron chi connectivity index (χ4n) is 2.82. The first-order chi connectivity index (χ1) is 8.79. The van der Waals surface area contributed by atoms with Gasteiger partial charge in [-0.1, -0.05) is 30.3 Å². The van der Waals surface area contributed by atoms with Crippen LogP contribution in [0.3, 0.4) is 0 Å². The molecule has 1 aromatic carbocycles. The normalized spacial score (nSPS) is 28.9. The van der Waals surface area contributed by atoms with E-state index in [1.165, 1.54) is 0 Å². The van der Waals surface area contributed by atoms with Crippen molar-refractivity contribution in [1.29, 1.82) is 0 Å². The Morgan fingerprint density at radius 3 is 2.89 bits per heavy atom. The molecule has 0 bridgehead atoms. The van der Waals surface area contributed by atoms with Crippen molar-refractivity contribution in [2.24, 2.45) is 11.8 Å². The fraction of sp³-hybridized carbons (Fsp3) is 0.500. The van der Waals surface area contributed by atoms with Crippen molar-refractivity contribution in [3.8, 4) is 0 Å². The summed E-state index contributed by atoms with van der Waals surface area (Å²) < 4.78 is 5.29. The first kappa shape index (κ1) is 11.5. The highest BCUT2D eigenvalue weighted by Crippen LogP contribution is 2.49. The van der Waals surface area contributed by atoms with Gasteiger partial charge in [0.25, 0.3) is 0 Å². The molecule has 2 unspecified atom stereocenters. The molecule has 1 saturated heterocycles. The van der Waals surface area contributed by atoms with Gasteiger partial charge in [-0.25, -0.2) is 4.79 Å². The number of fused-ring (bicyclic) bond motifs is 1. The summed E-state index contributed by atoms with van der Waals surface area (Å²) in [6.07, 6.45) is 0.846. The molecule has 1 heterocycles. The Balaban J connectivity index is 1.56. The Kier molecular flexibility index (Phi) is 2.96. The Morgan fingerprint density at radius 1 is 1.39 bits per heavy atom. The zero-order valence-electron chi connectivity index (χ0n) is 10.2. The highest BCUT2D eigenvalue weighted by atomic mass is 16.6. The van der Waals surface area contributed by atoms with Crippen LogP contribution in [-0.2, 0) is 11.3 Å². The van der Waals surface area contributed by atoms with E-state index in [1.54, 1.807) is 4.90 Å². The predicted octanol–water partition coefficient (Wildman–Crippen LogP) is 1.64. The Morgan fingerprint density at radius 2 is 2.17 bits per heavy atom. The van der Waals surface area contributed by atoms with Crippen molar-refractivity contribution >= 4 is 6.09 Å². The van der Waals surface area contributed by atoms with Crippen LogP contribution in [0.25, 0.3) is 0 Å². The lowest BCUT2D eigenvalue weighted by Crippen LogP contribution is -2.40. The molecule has 4 nitrogen and oxygen atoms in total. The van der Waals surface area contributed by atoms with Gasteiger partial charge in [0, 0.05) is 6.54 Å². The maximum atomic E-state index is 11.9. The molecule has 1 aliphatic heterocycles. The smallest absolute Gasteiger partial charge is 0.410 e. The molecule has 96 valence electrons. The molecule has 18 heavy (non-hydrogen) atoms. The number of nitrogens with zero attached hydrogens (tertiary/aromatic N) is 1. The van der Waals surface area contributed by atoms with Crippen LogP contribution in [0.5, 0.6) is 0 Å². The minimum Gasteiger partial charge on any atom is -0.445 e. The van der Waals surface area contributed by atoms with E-state index in [1.807, 2.05) is 30.3 Å². The molecular weight excluding hydrogens is 230 g/mol. The maximum Gasteiger partial charge on any atom is 0.410 e. The fourth-order valence-corrected chi connectivity index (χ4v) is 2.82. The molecule has 1 amide bonds. The van der Waals surface area contributed by atoms with Gasteiger partial charge in [0.1, 0.15) is 6.61 Å². The average molecular weight is 247 g/mol. The SMILES string of the molecule is O=C(OCc1ccccc1)N1CC2C[C@@H]2C1CO. The lowest BCUT2D eigenvalue weighted by Gasteiger charge is -2.25. The quantitative estimate of drug-likeness (QED) is 0.883. The Hall–Kier alpha value is -1.55. The Labute approximate surface area is 106 Å². The lowest BCUT2D eigenvalue weighted by molar-refractivity contribution is 0.0713. The van der Waals surface area contributed by atoms with Crippen LogP contribution < -0.4 is 0 Å². The first-order valence-corrected chi connectivity index (χ1v) is 6.38. The van der Waals surface area contributed by atoms with E-state index < -0.39 is 0 Å². The van der Waals surface area contributed by atoms with Crippen LogP contribution in [0, 0.1) is 11.8 Å². The number of carbonyl (C=O) groups excluding carboxylic acids is 1. The molecule has 0 aromatic heterocycles. The highest BCUT2D eigenvalue weighted by Gasteiger charge is 2.54. The van der Waals surface area contributed by atoms with Gasteiger partial charge < -0.3 is 14.7 Å². The van der Waals surface area contributed by atoms with E-state index in [-0.39, 0.29) is 18.7 Å². The number of carbonyl (C=O) groups is 1. The molecule has 0 spiro atoms. The number of aliphatic hydroxyl groups is 1. The molecule has 3 rings (SSSR count). The van der Waals surface area contributed by atoms with E-state index >= 15 is 0 Å². The molecule has 2 fully saturated rings. The van der Waals surface area contributed by atoms with Gasteiger partial charge in [-0.2, -0.15) is 0 Å². The molecule has 1 saturated carbocycles. The van der Waals surface area contributed by atoms with E-state index in [9.17, 15) is 9.90 Å². The van der Waals surface area contributed by atoms with Crippen molar-refractivity contribution in [3.05, 3.63) is 35.9 Å². The van der Waals surface area contributed by atoms with Crippen molar-refractivity contribution in [2.75, 3.05) is 13.2 Å². The van der Waals surface area contributed by atoms with Crippen molar-refractivity contribution < 1.29 is 14.6 Å². The summed E-state index contributed by atoms with van der Waals surface area (Å²) in [5.41, 5.74) is 0.982. The largest absolute Gasteiger partial charge is 0.445 e. The van der Waals surface area contributed by atoms with Gasteiger partial charge >= 0.3 is 6.09 Å². The standard InChI is InChI=1S/C14H17NO3/c16-8-13-12-6-11(12)7-15(13)14(17)18-9-10-4-2-1-3-5-10/h1-5,11-13,16H,6-9H2/t11?,12-,13?/m0/s1. The van der Waals surface area contributed by atoms with Gasteiger partial charge in [-0.3, -0.25) is 0 Å². The zero-order chi connectivity index (χ0) is 12.5. The Bertz CT molecular complexity index is 434. The number of piperidine rings is 1. The molecular formula is C14H17NO3. The number of benzene rings is 1. The molecule has 1 N–H and O–H groups in total. The average Bonchev–Trinajstić information content (AvgIpc) is 3.09. The minimum atomic E-state index is -0.301. The molecule has 3 atom stereocenters. The number of amides is 1. The summed E-state index contributed by atoms with van der Waals surface area (Å²) in [4.78, 5) is 13.6. The summed E-state index contributed by atoms with van der Waals surface area (Å²) in [6.45, 7) is 1.08. The van der Waals surface area contributed by atoms with Crippen LogP contribution in [-0.4, -0.2) is 35.3 Å². The molecule has 1 aromatic rings. The van der Waals surface area contributed by atoms with Crippen LogP contribution in [0.4, 0.5) is 4.79 Å². The van der Waals surface area contributed by atoms with Crippen LogP contribution >= 0.6 is 0 Å². The third kappa shape index (κ3) is 2.08. The third-order valence-electron chi connectivity index (χ3n) is 3.93. The number of rotatable bonds is 3. The van der Waals surface area contributed by atoms with Crippen molar-refractivity contribution in [1.82, 2.24) is 4.90 Å². The van der Waals surface area contributed by atoms with Gasteiger partial charge in [-0.05, 0) is 23.8 Å². The predicted molar refractivity (Wildman–Crippen MR) is 65.8 cm³/mol. The number of aliphatic hydroxyl groups excluding tert-OH is 1. The second kappa shape index (κ2) is 4.61. The van der Waals surface area contributed by atoms with E-state index in [2.05, 4.69) is 0 Å². The second-order valence-corrected chi connectivity index (χ2v) is 5.10. The van der Waals surface area contributed by atoms with Gasteiger partial charge in [0.05, 0.1) is 12.6 Å². The van der Waals surface area contributed by atoms with Crippen LogP contribution in [0.15, 0.2) is 30.3 Å². The summed E-state index contributed by atoms with van der Waals surface area (Å²) >= 11 is 0. The van der Waals surface area contributed by atoms with Crippen molar-refractivity contribution in [3.63, 3.8) is 0 Å². The van der Waals surface area contributed by atoms with Gasteiger partial charge in [0.15, 0.2) is 0 Å². The highest BCUT2D eigenvalue weighted by molar-refractivity contribution is 5.69. The minimum absolute atomic E-state index is 0.0294. The number of likely N-dealkylation sites (tertiary alicyclic amines) is 1. The molecule has 1 aliphatic carbocycles. The van der Waals surface area contributed by atoms with Gasteiger partial charge in [0.2, 0.25) is 0 Å². The summed E-state index contributed by atoms with van der Waals surface area (Å²) in [5.74, 6) is 1.09. The monoisotopic (exact) mass is 247 g/mol. The molecule has 0 radical (unpaired) electrons. The van der Waals surface area contributed by atoms with Crippen molar-refractivity contribution in [2.45, 2.75) is 19.1 Å².